The Morgan fingerprint density at radius 1 is 1.10 bits per heavy atom. The number of allylic oxidation sites excluding steroid dienone is 2. The molecule has 2 aromatic carbocycles. The van der Waals surface area contributed by atoms with Crippen LogP contribution in [0.4, 0.5) is 5.69 Å². The predicted molar refractivity (Wildman–Crippen MR) is 86.8 cm³/mol. The smallest absolute Gasteiger partial charge is 0.227 e. The topological polar surface area (TPSA) is 29.1 Å². The third-order valence-electron chi connectivity index (χ3n) is 3.77. The van der Waals surface area contributed by atoms with Crippen LogP contribution in [0.5, 0.6) is 0 Å². The summed E-state index contributed by atoms with van der Waals surface area (Å²) in [5.74, 6) is 0.226. The van der Waals surface area contributed by atoms with Gasteiger partial charge in [0.2, 0.25) is 5.91 Å². The van der Waals surface area contributed by atoms with Crippen LogP contribution in [-0.4, -0.2) is 5.91 Å². The van der Waals surface area contributed by atoms with Crippen molar-refractivity contribution in [1.82, 2.24) is 0 Å². The summed E-state index contributed by atoms with van der Waals surface area (Å²) in [7, 11) is 0. The second-order valence-electron chi connectivity index (χ2n) is 5.11. The molecule has 0 heterocycles. The van der Waals surface area contributed by atoms with Gasteiger partial charge in [-0.15, -0.1) is 0 Å². The molecule has 0 fully saturated rings. The van der Waals surface area contributed by atoms with Gasteiger partial charge in [-0.05, 0) is 36.8 Å². The first kappa shape index (κ1) is 13.4. The molecular formula is C17H16BrNO. The molecule has 2 aromatic rings. The van der Waals surface area contributed by atoms with Crippen molar-refractivity contribution >= 4 is 38.3 Å². The van der Waals surface area contributed by atoms with Crippen molar-refractivity contribution < 1.29 is 4.79 Å². The van der Waals surface area contributed by atoms with Crippen molar-refractivity contribution in [2.45, 2.75) is 19.3 Å². The maximum absolute atomic E-state index is 12.3. The van der Waals surface area contributed by atoms with Gasteiger partial charge in [-0.1, -0.05) is 52.3 Å². The van der Waals surface area contributed by atoms with Crippen LogP contribution in [0, 0.1) is 5.92 Å². The van der Waals surface area contributed by atoms with Crippen LogP contribution in [-0.2, 0) is 4.79 Å². The number of hydrogen-bond donors (Lipinski definition) is 1. The zero-order chi connectivity index (χ0) is 13.9. The van der Waals surface area contributed by atoms with E-state index in [0.717, 1.165) is 40.2 Å². The number of nitrogens with one attached hydrogen (secondary N) is 1. The van der Waals surface area contributed by atoms with E-state index >= 15 is 0 Å². The van der Waals surface area contributed by atoms with Gasteiger partial charge in [-0.3, -0.25) is 4.79 Å². The van der Waals surface area contributed by atoms with Gasteiger partial charge in [0.1, 0.15) is 0 Å². The van der Waals surface area contributed by atoms with Gasteiger partial charge < -0.3 is 5.32 Å². The average molecular weight is 330 g/mol. The first-order chi connectivity index (χ1) is 9.75. The molecule has 1 amide bonds. The third-order valence-corrected chi connectivity index (χ3v) is 4.46. The fourth-order valence-corrected chi connectivity index (χ4v) is 3.12. The number of anilines is 1. The Hall–Kier alpha value is -1.61. The highest BCUT2D eigenvalue weighted by molar-refractivity contribution is 9.10. The minimum atomic E-state index is 0.0995. The Morgan fingerprint density at radius 3 is 2.65 bits per heavy atom. The summed E-state index contributed by atoms with van der Waals surface area (Å²) < 4.78 is 1.05. The standard InChI is InChI=1S/C17H16BrNO/c18-15-10-11-16(14-9-5-4-8-13(14)15)19-17(20)12-6-2-1-3-7-12/h1-2,4-5,8-12H,3,6-7H2,(H,19,20). The molecule has 20 heavy (non-hydrogen) atoms. The minimum Gasteiger partial charge on any atom is -0.325 e. The molecule has 2 nitrogen and oxygen atoms in total. The van der Waals surface area contributed by atoms with Crippen molar-refractivity contribution in [2.75, 3.05) is 5.32 Å². The monoisotopic (exact) mass is 329 g/mol. The van der Waals surface area contributed by atoms with Gasteiger partial charge in [0, 0.05) is 21.5 Å². The second-order valence-corrected chi connectivity index (χ2v) is 5.97. The predicted octanol–water partition coefficient (Wildman–Crippen LogP) is 4.90. The highest BCUT2D eigenvalue weighted by Gasteiger charge is 2.19. The number of hydrogen-bond acceptors (Lipinski definition) is 1. The molecule has 0 spiro atoms. The Morgan fingerprint density at radius 2 is 1.90 bits per heavy atom. The van der Waals surface area contributed by atoms with Crippen molar-refractivity contribution in [1.29, 1.82) is 0 Å². The van der Waals surface area contributed by atoms with Crippen molar-refractivity contribution in [2.24, 2.45) is 5.92 Å². The van der Waals surface area contributed by atoms with Gasteiger partial charge in [-0.2, -0.15) is 0 Å². The van der Waals surface area contributed by atoms with E-state index in [1.807, 2.05) is 30.3 Å². The molecular weight excluding hydrogens is 314 g/mol. The second kappa shape index (κ2) is 5.80. The number of fused-ring (bicyclic) bond motifs is 1. The summed E-state index contributed by atoms with van der Waals surface area (Å²) in [6.07, 6.45) is 7.04. The van der Waals surface area contributed by atoms with E-state index in [0.29, 0.717) is 0 Å². The van der Waals surface area contributed by atoms with E-state index in [9.17, 15) is 4.79 Å². The molecule has 102 valence electrons. The summed E-state index contributed by atoms with van der Waals surface area (Å²) in [5, 5.41) is 5.28. The number of carbonyl (C=O) groups excluding carboxylic acids is 1. The van der Waals surface area contributed by atoms with Crippen molar-refractivity contribution in [3.05, 3.63) is 53.0 Å². The zero-order valence-corrected chi connectivity index (χ0v) is 12.7. The number of halogens is 1. The largest absolute Gasteiger partial charge is 0.325 e. The quantitative estimate of drug-likeness (QED) is 0.780. The van der Waals surface area contributed by atoms with E-state index in [1.165, 1.54) is 0 Å². The Balaban J connectivity index is 1.89. The van der Waals surface area contributed by atoms with E-state index in [2.05, 4.69) is 39.5 Å². The van der Waals surface area contributed by atoms with E-state index in [-0.39, 0.29) is 11.8 Å². The Labute approximate surface area is 127 Å². The molecule has 1 unspecified atom stereocenters. The first-order valence-corrected chi connectivity index (χ1v) is 7.68. The molecule has 1 N–H and O–H groups in total. The van der Waals surface area contributed by atoms with Crippen LogP contribution in [0.25, 0.3) is 10.8 Å². The van der Waals surface area contributed by atoms with Crippen LogP contribution in [0.3, 0.4) is 0 Å². The molecule has 1 aliphatic rings. The Kier molecular flexibility index (Phi) is 3.88. The lowest BCUT2D eigenvalue weighted by atomic mass is 9.93. The summed E-state index contributed by atoms with van der Waals surface area (Å²) >= 11 is 3.55. The summed E-state index contributed by atoms with van der Waals surface area (Å²) in [6.45, 7) is 0. The Bertz CT molecular complexity index is 678. The highest BCUT2D eigenvalue weighted by atomic mass is 79.9. The molecule has 1 aliphatic carbocycles. The maximum atomic E-state index is 12.3. The molecule has 1 atom stereocenters. The van der Waals surface area contributed by atoms with E-state index in [4.69, 9.17) is 0 Å². The SMILES string of the molecule is O=C(Nc1ccc(Br)c2ccccc12)C1CC=CCC1. The third kappa shape index (κ3) is 2.63. The van der Waals surface area contributed by atoms with Crippen molar-refractivity contribution in [3.63, 3.8) is 0 Å². The van der Waals surface area contributed by atoms with Crippen molar-refractivity contribution in [3.8, 4) is 0 Å². The normalized spacial score (nSPS) is 18.1. The van der Waals surface area contributed by atoms with Crippen LogP contribution in [0.15, 0.2) is 53.0 Å². The van der Waals surface area contributed by atoms with Gasteiger partial charge in [0.25, 0.3) is 0 Å². The van der Waals surface area contributed by atoms with Gasteiger partial charge in [0.05, 0.1) is 0 Å². The average Bonchev–Trinajstić information content (AvgIpc) is 2.51. The molecule has 0 bridgehead atoms. The lowest BCUT2D eigenvalue weighted by Crippen LogP contribution is -2.23. The first-order valence-electron chi connectivity index (χ1n) is 6.89. The molecule has 0 aromatic heterocycles. The molecule has 3 rings (SSSR count). The fraction of sp³-hybridized carbons (Fsp3) is 0.235. The molecule has 0 aliphatic heterocycles. The molecule has 0 saturated carbocycles. The van der Waals surface area contributed by atoms with E-state index in [1.54, 1.807) is 0 Å². The van der Waals surface area contributed by atoms with Gasteiger partial charge >= 0.3 is 0 Å². The number of amides is 1. The number of carbonyl (C=O) groups is 1. The lowest BCUT2D eigenvalue weighted by molar-refractivity contribution is -0.120. The zero-order valence-electron chi connectivity index (χ0n) is 11.1. The lowest BCUT2D eigenvalue weighted by Gasteiger charge is -2.18. The van der Waals surface area contributed by atoms with Gasteiger partial charge in [0.15, 0.2) is 0 Å². The minimum absolute atomic E-state index is 0.0995. The molecule has 0 saturated heterocycles. The summed E-state index contributed by atoms with van der Waals surface area (Å²) in [4.78, 5) is 12.3. The summed E-state index contributed by atoms with van der Waals surface area (Å²) in [5.41, 5.74) is 0.892. The highest BCUT2D eigenvalue weighted by Crippen LogP contribution is 2.30. The molecule has 0 radical (unpaired) electrons. The van der Waals surface area contributed by atoms with Crippen LogP contribution in [0.2, 0.25) is 0 Å². The van der Waals surface area contributed by atoms with Crippen LogP contribution in [0.1, 0.15) is 19.3 Å². The molecule has 3 heteroatoms. The summed E-state index contributed by atoms with van der Waals surface area (Å²) in [6, 6.07) is 12.0. The van der Waals surface area contributed by atoms with E-state index < -0.39 is 0 Å². The maximum Gasteiger partial charge on any atom is 0.227 e. The number of benzene rings is 2. The fourth-order valence-electron chi connectivity index (χ4n) is 2.64. The number of rotatable bonds is 2. The van der Waals surface area contributed by atoms with Crippen LogP contribution >= 0.6 is 15.9 Å². The van der Waals surface area contributed by atoms with Gasteiger partial charge in [-0.25, -0.2) is 0 Å². The van der Waals surface area contributed by atoms with Crippen LogP contribution < -0.4 is 5.32 Å².